The third kappa shape index (κ3) is 7.58. The van der Waals surface area contributed by atoms with Gasteiger partial charge in [-0.2, -0.15) is 5.10 Å². The first kappa shape index (κ1) is 30.2. The van der Waals surface area contributed by atoms with Gasteiger partial charge in [-0.25, -0.2) is 4.68 Å². The van der Waals surface area contributed by atoms with E-state index < -0.39 is 0 Å². The first-order valence-corrected chi connectivity index (χ1v) is 15.2. The summed E-state index contributed by atoms with van der Waals surface area (Å²) in [5.41, 5.74) is 11.7. The minimum Gasteiger partial charge on any atom is -0.350 e. The number of amides is 2. The molecule has 4 N–H and O–H groups in total. The lowest BCUT2D eigenvalue weighted by Crippen LogP contribution is -2.49. The van der Waals surface area contributed by atoms with E-state index in [2.05, 4.69) is 40.0 Å². The van der Waals surface area contributed by atoms with Gasteiger partial charge in [0, 0.05) is 42.9 Å². The van der Waals surface area contributed by atoms with E-state index in [1.165, 1.54) is 11.1 Å². The van der Waals surface area contributed by atoms with Crippen LogP contribution in [-0.4, -0.2) is 64.8 Å². The molecule has 0 saturated carbocycles. The predicted molar refractivity (Wildman–Crippen MR) is 170 cm³/mol. The summed E-state index contributed by atoms with van der Waals surface area (Å²) in [6.45, 7) is 6.13. The lowest BCUT2D eigenvalue weighted by molar-refractivity contribution is -0.133. The average Bonchev–Trinajstić information content (AvgIpc) is 3.31. The molecule has 0 bridgehead atoms. The molecule has 0 unspecified atom stereocenters. The van der Waals surface area contributed by atoms with Gasteiger partial charge in [0.05, 0.1) is 17.4 Å². The Bertz CT molecular complexity index is 1450. The molecular weight excluding hydrogens is 536 g/mol. The fraction of sp³-hybridized carbons (Fsp3) is 0.343. The van der Waals surface area contributed by atoms with Gasteiger partial charge in [-0.3, -0.25) is 9.59 Å². The van der Waals surface area contributed by atoms with E-state index in [1.807, 2.05) is 90.2 Å². The van der Waals surface area contributed by atoms with Crippen molar-refractivity contribution in [2.45, 2.75) is 51.1 Å². The molecule has 0 aliphatic carbocycles. The summed E-state index contributed by atoms with van der Waals surface area (Å²) < 4.78 is 1.87. The standard InChI is InChI=1S/C35H42N6O2/c1-25-22-26(2)41(39-25)31-17-15-29(16-18-31)34(42)37-23-30-19-21-40(35(43)33(38-30)14-9-20-36)24-32(27-10-5-3-6-11-27)28-12-7-4-8-13-28/h3-8,10-13,15-18,22,30,32-33,38H,9,14,19-21,23-24,36H2,1-2H3,(H,37,42)/t30-,33-/m0/s1. The molecular formula is C35H42N6O2. The smallest absolute Gasteiger partial charge is 0.251 e. The first-order valence-electron chi connectivity index (χ1n) is 15.2. The molecule has 8 nitrogen and oxygen atoms in total. The number of aryl methyl sites for hydroxylation is 2. The SMILES string of the molecule is Cc1cc(C)n(-c2ccc(C(=O)NC[C@@H]3CCN(CC(c4ccccc4)c4ccccc4)C(=O)[C@H](CCCN)N3)cc2)n1. The number of nitrogens with zero attached hydrogens (tertiary/aromatic N) is 3. The molecule has 1 aliphatic rings. The quantitative estimate of drug-likeness (QED) is 0.246. The van der Waals surface area contributed by atoms with Gasteiger partial charge in [-0.15, -0.1) is 0 Å². The van der Waals surface area contributed by atoms with Crippen molar-refractivity contribution in [3.8, 4) is 5.69 Å². The van der Waals surface area contributed by atoms with Gasteiger partial charge in [0.2, 0.25) is 5.91 Å². The van der Waals surface area contributed by atoms with Crippen LogP contribution in [0.2, 0.25) is 0 Å². The van der Waals surface area contributed by atoms with Gasteiger partial charge in [-0.1, -0.05) is 60.7 Å². The summed E-state index contributed by atoms with van der Waals surface area (Å²) in [7, 11) is 0. The van der Waals surface area contributed by atoms with Crippen LogP contribution < -0.4 is 16.4 Å². The third-order valence-electron chi connectivity index (χ3n) is 8.19. The van der Waals surface area contributed by atoms with Crippen molar-refractivity contribution in [1.82, 2.24) is 25.3 Å². The Labute approximate surface area is 254 Å². The Hall–Kier alpha value is -4.27. The molecule has 1 aromatic heterocycles. The zero-order valence-corrected chi connectivity index (χ0v) is 25.1. The van der Waals surface area contributed by atoms with Crippen LogP contribution in [0.15, 0.2) is 91.0 Å². The van der Waals surface area contributed by atoms with Crippen molar-refractivity contribution < 1.29 is 9.59 Å². The Morgan fingerprint density at radius 2 is 1.65 bits per heavy atom. The third-order valence-corrected chi connectivity index (χ3v) is 8.19. The number of rotatable bonds is 11. The second-order valence-corrected chi connectivity index (χ2v) is 11.4. The summed E-state index contributed by atoms with van der Waals surface area (Å²) in [5, 5.41) is 11.2. The van der Waals surface area contributed by atoms with Crippen LogP contribution in [0.25, 0.3) is 5.69 Å². The molecule has 224 valence electrons. The monoisotopic (exact) mass is 578 g/mol. The van der Waals surface area contributed by atoms with E-state index in [4.69, 9.17) is 5.73 Å². The van der Waals surface area contributed by atoms with E-state index in [0.717, 1.165) is 29.9 Å². The number of nitrogens with one attached hydrogen (secondary N) is 2. The summed E-state index contributed by atoms with van der Waals surface area (Å²) in [5.74, 6) is 0.0231. The number of benzene rings is 3. The second kappa shape index (κ2) is 14.3. The van der Waals surface area contributed by atoms with Crippen molar-refractivity contribution in [2.75, 3.05) is 26.2 Å². The molecule has 2 heterocycles. The summed E-state index contributed by atoms with van der Waals surface area (Å²) in [4.78, 5) is 28.9. The number of hydrogen-bond acceptors (Lipinski definition) is 5. The molecule has 1 saturated heterocycles. The highest BCUT2D eigenvalue weighted by molar-refractivity contribution is 5.94. The van der Waals surface area contributed by atoms with E-state index in [-0.39, 0.29) is 29.8 Å². The maximum absolute atomic E-state index is 13.9. The van der Waals surface area contributed by atoms with Crippen LogP contribution >= 0.6 is 0 Å². The zero-order valence-electron chi connectivity index (χ0n) is 25.1. The molecule has 0 spiro atoms. The molecule has 3 aromatic carbocycles. The Morgan fingerprint density at radius 1 is 1.00 bits per heavy atom. The fourth-order valence-electron chi connectivity index (χ4n) is 5.91. The van der Waals surface area contributed by atoms with Crippen LogP contribution in [0.1, 0.15) is 58.1 Å². The number of aromatic nitrogens is 2. The Balaban J connectivity index is 1.26. The predicted octanol–water partition coefficient (Wildman–Crippen LogP) is 4.35. The Morgan fingerprint density at radius 3 is 2.23 bits per heavy atom. The maximum Gasteiger partial charge on any atom is 0.251 e. The van der Waals surface area contributed by atoms with Crippen molar-refractivity contribution in [2.24, 2.45) is 5.73 Å². The highest BCUT2D eigenvalue weighted by Crippen LogP contribution is 2.27. The van der Waals surface area contributed by atoms with Crippen molar-refractivity contribution in [3.05, 3.63) is 119 Å². The highest BCUT2D eigenvalue weighted by atomic mass is 16.2. The molecule has 43 heavy (non-hydrogen) atoms. The average molecular weight is 579 g/mol. The van der Waals surface area contributed by atoms with Crippen molar-refractivity contribution in [1.29, 1.82) is 0 Å². The normalized spacial score (nSPS) is 17.2. The van der Waals surface area contributed by atoms with E-state index >= 15 is 0 Å². The number of hydrogen-bond donors (Lipinski definition) is 3. The van der Waals surface area contributed by atoms with Crippen LogP contribution in [0, 0.1) is 13.8 Å². The van der Waals surface area contributed by atoms with Crippen LogP contribution in [0.3, 0.4) is 0 Å². The summed E-state index contributed by atoms with van der Waals surface area (Å²) >= 11 is 0. The molecule has 1 aliphatic heterocycles. The van der Waals surface area contributed by atoms with Crippen molar-refractivity contribution >= 4 is 11.8 Å². The lowest BCUT2D eigenvalue weighted by atomic mass is 9.90. The van der Waals surface area contributed by atoms with Gasteiger partial charge >= 0.3 is 0 Å². The minimum atomic E-state index is -0.347. The minimum absolute atomic E-state index is 0.0402. The van der Waals surface area contributed by atoms with E-state index in [0.29, 0.717) is 38.2 Å². The van der Waals surface area contributed by atoms with Gasteiger partial charge < -0.3 is 21.3 Å². The lowest BCUT2D eigenvalue weighted by Gasteiger charge is -2.29. The zero-order chi connectivity index (χ0) is 30.2. The molecule has 1 fully saturated rings. The maximum atomic E-state index is 13.9. The molecule has 4 aromatic rings. The van der Waals surface area contributed by atoms with Crippen molar-refractivity contribution in [3.63, 3.8) is 0 Å². The first-order chi connectivity index (χ1) is 20.9. The van der Waals surface area contributed by atoms with Crippen LogP contribution in [0.5, 0.6) is 0 Å². The molecule has 2 amide bonds. The van der Waals surface area contributed by atoms with Crippen LogP contribution in [-0.2, 0) is 4.79 Å². The molecule has 8 heteroatoms. The van der Waals surface area contributed by atoms with Gasteiger partial charge in [0.1, 0.15) is 0 Å². The van der Waals surface area contributed by atoms with E-state index in [1.54, 1.807) is 0 Å². The topological polar surface area (TPSA) is 105 Å². The van der Waals surface area contributed by atoms with E-state index in [9.17, 15) is 9.59 Å². The number of nitrogens with two attached hydrogens (primary N) is 1. The highest BCUT2D eigenvalue weighted by Gasteiger charge is 2.32. The summed E-state index contributed by atoms with van der Waals surface area (Å²) in [6, 6.07) is 29.9. The molecule has 2 atom stereocenters. The number of carbonyl (C=O) groups is 2. The molecule has 0 radical (unpaired) electrons. The molecule has 5 rings (SSSR count). The van der Waals surface area contributed by atoms with Gasteiger partial charge in [0.25, 0.3) is 5.91 Å². The number of carbonyl (C=O) groups excluding carboxylic acids is 2. The summed E-state index contributed by atoms with van der Waals surface area (Å²) in [6.07, 6.45) is 2.14. The van der Waals surface area contributed by atoms with Crippen LogP contribution in [0.4, 0.5) is 0 Å². The van der Waals surface area contributed by atoms with Gasteiger partial charge in [-0.05, 0) is 81.1 Å². The largest absolute Gasteiger partial charge is 0.350 e. The van der Waals surface area contributed by atoms with Gasteiger partial charge in [0.15, 0.2) is 0 Å². The second-order valence-electron chi connectivity index (χ2n) is 11.4. The Kier molecular flexibility index (Phi) is 10.0. The fourth-order valence-corrected chi connectivity index (χ4v) is 5.91.